The normalized spacial score (nSPS) is 12.1. The minimum Gasteiger partial charge on any atom is -0.395 e. The molecule has 4 N–H and O–H groups in total. The van der Waals surface area contributed by atoms with E-state index >= 15 is 0 Å². The van der Waals surface area contributed by atoms with Crippen LogP contribution < -0.4 is 10.0 Å². The Morgan fingerprint density at radius 1 is 0.966 bits per heavy atom. The second kappa shape index (κ2) is 10.0. The summed E-state index contributed by atoms with van der Waals surface area (Å²) < 4.78 is 55.9. The van der Waals surface area contributed by atoms with Gasteiger partial charge in [-0.2, -0.15) is 18.4 Å². The molecule has 0 atom stereocenters. The van der Waals surface area contributed by atoms with Crippen molar-refractivity contribution in [3.8, 4) is 0 Å². The van der Waals surface area contributed by atoms with E-state index in [1.165, 1.54) is 12.1 Å². The number of hydrogen-bond acceptors (Lipinski definition) is 9. The van der Waals surface area contributed by atoms with E-state index in [1.54, 1.807) is 12.1 Å². The molecule has 1 aromatic heterocycles. The predicted octanol–water partition coefficient (Wildman–Crippen LogP) is -0.405. The first-order valence-corrected chi connectivity index (χ1v) is 12.0. The van der Waals surface area contributed by atoms with Gasteiger partial charge in [0.25, 0.3) is 10.1 Å². The van der Waals surface area contributed by atoms with Crippen LogP contribution in [0.2, 0.25) is 0 Å². The third kappa shape index (κ3) is 8.37. The molecule has 0 aliphatic heterocycles. The van der Waals surface area contributed by atoms with Gasteiger partial charge >= 0.3 is 0 Å². The summed E-state index contributed by atoms with van der Waals surface area (Å²) in [6.07, 6.45) is 2.27. The van der Waals surface area contributed by atoms with E-state index in [2.05, 4.69) is 25.0 Å². The molecule has 160 valence electrons. The van der Waals surface area contributed by atoms with Gasteiger partial charge in [-0.25, -0.2) is 18.1 Å². The highest BCUT2D eigenvalue weighted by atomic mass is 32.2. The van der Waals surface area contributed by atoms with Gasteiger partial charge in [0, 0.05) is 25.9 Å². The van der Waals surface area contributed by atoms with Crippen LogP contribution in [0.15, 0.2) is 29.2 Å². The molecule has 0 unspecified atom stereocenters. The number of hydrogen-bond donors (Lipinski definition) is 4. The zero-order valence-electron chi connectivity index (χ0n) is 15.7. The van der Waals surface area contributed by atoms with Crippen molar-refractivity contribution in [3.63, 3.8) is 0 Å². The largest absolute Gasteiger partial charge is 0.395 e. The number of rotatable bonds is 11. The van der Waals surface area contributed by atoms with Gasteiger partial charge in [-0.05, 0) is 24.1 Å². The summed E-state index contributed by atoms with van der Waals surface area (Å²) in [5, 5.41) is 11.8. The molecule has 13 heteroatoms. The molecular weight excluding hydrogens is 422 g/mol. The number of aliphatic hydroxyl groups is 1. The first-order chi connectivity index (χ1) is 13.6. The van der Waals surface area contributed by atoms with Crippen molar-refractivity contribution in [2.45, 2.75) is 24.2 Å². The average Bonchev–Trinajstić information content (AvgIpc) is 2.62. The molecule has 0 bridgehead atoms. The van der Waals surface area contributed by atoms with Crippen LogP contribution in [0.3, 0.4) is 0 Å². The van der Waals surface area contributed by atoms with Crippen molar-refractivity contribution in [2.24, 2.45) is 0 Å². The predicted molar refractivity (Wildman–Crippen MR) is 106 cm³/mol. The fourth-order valence-corrected chi connectivity index (χ4v) is 3.37. The Morgan fingerprint density at radius 2 is 1.62 bits per heavy atom. The lowest BCUT2D eigenvalue weighted by atomic mass is 10.1. The second-order valence-electron chi connectivity index (χ2n) is 6.21. The quantitative estimate of drug-likeness (QED) is 0.263. The van der Waals surface area contributed by atoms with Crippen molar-refractivity contribution < 1.29 is 26.5 Å². The Morgan fingerprint density at radius 3 is 2.21 bits per heavy atom. The second-order valence-corrected chi connectivity index (χ2v) is 9.46. The zero-order chi connectivity index (χ0) is 21.5. The van der Waals surface area contributed by atoms with Gasteiger partial charge in [0.05, 0.1) is 17.8 Å². The van der Waals surface area contributed by atoms with E-state index in [0.29, 0.717) is 24.5 Å². The summed E-state index contributed by atoms with van der Waals surface area (Å²) >= 11 is 0. The number of sulfonamides is 1. The summed E-state index contributed by atoms with van der Waals surface area (Å²) in [6.45, 7) is 0.393. The molecular formula is C16H23N5O6S2. The fraction of sp³-hybridized carbons (Fsp3) is 0.438. The fourth-order valence-electron chi connectivity index (χ4n) is 2.37. The number of nitrogens with one attached hydrogen (secondary N) is 2. The van der Waals surface area contributed by atoms with Crippen LogP contribution in [0, 0.1) is 0 Å². The van der Waals surface area contributed by atoms with Gasteiger partial charge in [0.2, 0.25) is 16.0 Å². The van der Waals surface area contributed by atoms with E-state index in [1.807, 2.05) is 0 Å². The Labute approximate surface area is 169 Å². The number of aromatic nitrogens is 3. The van der Waals surface area contributed by atoms with Crippen LogP contribution in [0.5, 0.6) is 0 Å². The summed E-state index contributed by atoms with van der Waals surface area (Å²) in [7, 11) is -7.53. The molecule has 29 heavy (non-hydrogen) atoms. The first-order valence-electron chi connectivity index (χ1n) is 8.66. The smallest absolute Gasteiger partial charge is 0.294 e. The van der Waals surface area contributed by atoms with E-state index in [0.717, 1.165) is 11.8 Å². The topological polar surface area (TPSA) is 171 Å². The van der Waals surface area contributed by atoms with Gasteiger partial charge in [-0.15, -0.1) is 0 Å². The summed E-state index contributed by atoms with van der Waals surface area (Å²) in [4.78, 5) is 12.7. The van der Waals surface area contributed by atoms with E-state index in [9.17, 15) is 16.8 Å². The van der Waals surface area contributed by atoms with E-state index in [4.69, 9.17) is 9.66 Å². The Kier molecular flexibility index (Phi) is 7.98. The maximum atomic E-state index is 11.1. The molecule has 0 spiro atoms. The van der Waals surface area contributed by atoms with Gasteiger partial charge in [0.1, 0.15) is 11.6 Å². The molecule has 11 nitrogen and oxygen atoms in total. The van der Waals surface area contributed by atoms with Gasteiger partial charge < -0.3 is 10.4 Å². The number of aryl methyl sites for hydroxylation is 1. The van der Waals surface area contributed by atoms with Crippen LogP contribution in [-0.4, -0.2) is 67.4 Å². The van der Waals surface area contributed by atoms with Crippen LogP contribution in [0.4, 0.5) is 5.95 Å². The van der Waals surface area contributed by atoms with Crippen molar-refractivity contribution in [1.82, 2.24) is 19.7 Å². The monoisotopic (exact) mass is 445 g/mol. The van der Waals surface area contributed by atoms with Crippen LogP contribution in [0.25, 0.3) is 0 Å². The summed E-state index contributed by atoms with van der Waals surface area (Å²) in [5.41, 5.74) is 0.724. The van der Waals surface area contributed by atoms with Crippen molar-refractivity contribution in [1.29, 1.82) is 0 Å². The standard InChI is InChI=1S/C16H23N5O6S2/c1-28(23,24)18-8-2-3-14-19-15(21-16(20-14)17-9-10-22)11-12-4-6-13(7-5-12)29(25,26)27/h4-7,18,22H,2-3,8-11H2,1H3,(H,25,26,27)(H,17,19,20,21). The van der Waals surface area contributed by atoms with Gasteiger partial charge in [-0.1, -0.05) is 12.1 Å². The summed E-state index contributed by atoms with van der Waals surface area (Å²) in [6, 6.07) is 5.66. The lowest BCUT2D eigenvalue weighted by Gasteiger charge is -2.09. The SMILES string of the molecule is CS(=O)(=O)NCCCc1nc(Cc2ccc(S(=O)(=O)O)cc2)nc(NCCO)n1. The maximum Gasteiger partial charge on any atom is 0.294 e. The van der Waals surface area contributed by atoms with E-state index in [-0.39, 0.29) is 37.0 Å². The third-order valence-corrected chi connectivity index (χ3v) is 5.24. The Hall–Kier alpha value is -2.19. The van der Waals surface area contributed by atoms with Crippen molar-refractivity contribution in [2.75, 3.05) is 31.3 Å². The molecule has 0 saturated carbocycles. The number of benzene rings is 1. The molecule has 0 amide bonds. The number of anilines is 1. The highest BCUT2D eigenvalue weighted by Crippen LogP contribution is 2.13. The zero-order valence-corrected chi connectivity index (χ0v) is 17.4. The molecule has 2 aromatic rings. The Bertz CT molecular complexity index is 1030. The van der Waals surface area contributed by atoms with E-state index < -0.39 is 20.1 Å². The highest BCUT2D eigenvalue weighted by molar-refractivity contribution is 7.88. The molecule has 2 rings (SSSR count). The molecule has 0 aliphatic carbocycles. The third-order valence-electron chi connectivity index (χ3n) is 3.65. The van der Waals surface area contributed by atoms with Gasteiger partial charge in [0.15, 0.2) is 0 Å². The molecule has 1 heterocycles. The lowest BCUT2D eigenvalue weighted by Crippen LogP contribution is -2.23. The first kappa shape index (κ1) is 23.1. The molecule has 0 aliphatic rings. The molecule has 1 aromatic carbocycles. The molecule has 0 fully saturated rings. The average molecular weight is 446 g/mol. The van der Waals surface area contributed by atoms with Crippen LogP contribution in [-0.2, 0) is 33.0 Å². The number of aliphatic hydroxyl groups excluding tert-OH is 1. The number of nitrogens with zero attached hydrogens (tertiary/aromatic N) is 3. The van der Waals surface area contributed by atoms with Crippen LogP contribution >= 0.6 is 0 Å². The van der Waals surface area contributed by atoms with Crippen LogP contribution in [0.1, 0.15) is 23.6 Å². The minimum atomic E-state index is -4.26. The lowest BCUT2D eigenvalue weighted by molar-refractivity contribution is 0.310. The molecule has 0 radical (unpaired) electrons. The maximum absolute atomic E-state index is 11.1. The minimum absolute atomic E-state index is 0.105. The summed E-state index contributed by atoms with van der Waals surface area (Å²) in [5.74, 6) is 1.16. The molecule has 0 saturated heterocycles. The van der Waals surface area contributed by atoms with Crippen molar-refractivity contribution >= 4 is 26.1 Å². The van der Waals surface area contributed by atoms with Crippen molar-refractivity contribution in [3.05, 3.63) is 41.5 Å². The highest BCUT2D eigenvalue weighted by Gasteiger charge is 2.11. The van der Waals surface area contributed by atoms with Gasteiger partial charge in [-0.3, -0.25) is 4.55 Å². The Balaban J connectivity index is 2.14.